The number of hydrazine groups is 1. The highest BCUT2D eigenvalue weighted by atomic mass is 32.1. The Morgan fingerprint density at radius 2 is 2.10 bits per heavy atom. The van der Waals surface area contributed by atoms with Crippen LogP contribution in [0.3, 0.4) is 0 Å². The smallest absolute Gasteiger partial charge is 0.240 e. The van der Waals surface area contributed by atoms with Gasteiger partial charge >= 0.3 is 0 Å². The van der Waals surface area contributed by atoms with Gasteiger partial charge < -0.3 is 9.80 Å². The minimum atomic E-state index is 0.473. The molecule has 0 unspecified atom stereocenters. The van der Waals surface area contributed by atoms with Gasteiger partial charge in [0, 0.05) is 13.1 Å². The summed E-state index contributed by atoms with van der Waals surface area (Å²) in [5, 5.41) is 3.14. The summed E-state index contributed by atoms with van der Waals surface area (Å²) in [4.78, 5) is 14.3. The minimum Gasteiger partial charge on any atom is -0.356 e. The van der Waals surface area contributed by atoms with E-state index in [2.05, 4.69) is 52.3 Å². The van der Waals surface area contributed by atoms with Gasteiger partial charge in [-0.25, -0.2) is 10.8 Å². The maximum atomic E-state index is 5.46. The summed E-state index contributed by atoms with van der Waals surface area (Å²) in [6.07, 6.45) is 1.10. The fraction of sp³-hybridized carbons (Fsp3) is 0.538. The predicted octanol–water partition coefficient (Wildman–Crippen LogP) is 1.75. The molecule has 0 aliphatic rings. The number of nitrogens with two attached hydrogens (primary N) is 1. The normalized spacial score (nSPS) is 11.2. The maximum absolute atomic E-state index is 5.46. The van der Waals surface area contributed by atoms with Gasteiger partial charge in [0.05, 0.1) is 5.39 Å². The summed E-state index contributed by atoms with van der Waals surface area (Å²) in [7, 11) is 4.18. The second-order valence-corrected chi connectivity index (χ2v) is 5.79. The number of nitrogen functional groups attached to an aromatic ring is 1. The summed E-state index contributed by atoms with van der Waals surface area (Å²) in [5.41, 5.74) is 2.55. The number of hydrogen-bond acceptors (Lipinski definition) is 7. The van der Waals surface area contributed by atoms with Crippen LogP contribution in [0.4, 0.5) is 11.8 Å². The molecule has 2 rings (SSSR count). The van der Waals surface area contributed by atoms with Crippen LogP contribution in [0.25, 0.3) is 10.2 Å². The van der Waals surface area contributed by atoms with Crippen LogP contribution in [-0.4, -0.2) is 48.6 Å². The molecule has 0 saturated carbocycles. The van der Waals surface area contributed by atoms with E-state index in [4.69, 9.17) is 5.84 Å². The lowest BCUT2D eigenvalue weighted by atomic mass is 10.3. The SMILES string of the molecule is CCN(CCCN(C)C)c1nc(NN)nc2sccc12. The molecule has 3 N–H and O–H groups in total. The zero-order valence-electron chi connectivity index (χ0n) is 12.3. The number of fused-ring (bicyclic) bond motifs is 1. The lowest BCUT2D eigenvalue weighted by molar-refractivity contribution is 0.400. The molecular formula is C13H22N6S. The molecule has 0 amide bonds. The van der Waals surface area contributed by atoms with E-state index in [1.807, 2.05) is 5.38 Å². The van der Waals surface area contributed by atoms with Gasteiger partial charge in [-0.15, -0.1) is 11.3 Å². The second kappa shape index (κ2) is 6.83. The van der Waals surface area contributed by atoms with Crippen molar-refractivity contribution in [1.29, 1.82) is 0 Å². The average molecular weight is 294 g/mol. The fourth-order valence-corrected chi connectivity index (χ4v) is 2.90. The first kappa shape index (κ1) is 15.0. The molecule has 2 heterocycles. The lowest BCUT2D eigenvalue weighted by Gasteiger charge is -2.23. The van der Waals surface area contributed by atoms with Crippen LogP contribution in [0.5, 0.6) is 0 Å². The maximum Gasteiger partial charge on any atom is 0.240 e. The first-order valence-corrected chi connectivity index (χ1v) is 7.65. The summed E-state index contributed by atoms with van der Waals surface area (Å²) < 4.78 is 0. The third kappa shape index (κ3) is 3.36. The van der Waals surface area contributed by atoms with E-state index in [0.717, 1.165) is 42.1 Å². The van der Waals surface area contributed by atoms with E-state index in [1.54, 1.807) is 11.3 Å². The van der Waals surface area contributed by atoms with Gasteiger partial charge in [-0.05, 0) is 45.4 Å². The Labute approximate surface area is 123 Å². The van der Waals surface area contributed by atoms with Crippen LogP contribution in [0.15, 0.2) is 11.4 Å². The minimum absolute atomic E-state index is 0.473. The van der Waals surface area contributed by atoms with Crippen molar-refractivity contribution in [3.05, 3.63) is 11.4 Å². The van der Waals surface area contributed by atoms with Crippen LogP contribution >= 0.6 is 11.3 Å². The molecule has 0 spiro atoms. The topological polar surface area (TPSA) is 70.3 Å². The molecule has 110 valence electrons. The van der Waals surface area contributed by atoms with Crippen molar-refractivity contribution >= 4 is 33.3 Å². The highest BCUT2D eigenvalue weighted by Gasteiger charge is 2.14. The molecule has 2 aromatic rings. The number of nitrogens with one attached hydrogen (secondary N) is 1. The molecule has 7 heteroatoms. The number of rotatable bonds is 7. The molecule has 20 heavy (non-hydrogen) atoms. The van der Waals surface area contributed by atoms with E-state index >= 15 is 0 Å². The van der Waals surface area contributed by atoms with Crippen LogP contribution < -0.4 is 16.2 Å². The first-order chi connectivity index (χ1) is 9.65. The van der Waals surface area contributed by atoms with Crippen molar-refractivity contribution in [2.75, 3.05) is 44.1 Å². The Balaban J connectivity index is 2.25. The quantitative estimate of drug-likeness (QED) is 0.599. The molecule has 0 aromatic carbocycles. The zero-order valence-corrected chi connectivity index (χ0v) is 13.1. The van der Waals surface area contributed by atoms with Gasteiger partial charge in [-0.1, -0.05) is 0 Å². The van der Waals surface area contributed by atoms with Crippen LogP contribution in [0, 0.1) is 0 Å². The Bertz CT molecular complexity index is 553. The van der Waals surface area contributed by atoms with Gasteiger partial charge in [0.25, 0.3) is 0 Å². The van der Waals surface area contributed by atoms with E-state index in [-0.39, 0.29) is 0 Å². The highest BCUT2D eigenvalue weighted by molar-refractivity contribution is 7.16. The molecule has 0 saturated heterocycles. The number of nitrogens with zero attached hydrogens (tertiary/aromatic N) is 4. The average Bonchev–Trinajstić information content (AvgIpc) is 2.90. The molecular weight excluding hydrogens is 272 g/mol. The number of anilines is 2. The van der Waals surface area contributed by atoms with Crippen LogP contribution in [-0.2, 0) is 0 Å². The van der Waals surface area contributed by atoms with Crippen molar-refractivity contribution < 1.29 is 0 Å². The van der Waals surface area contributed by atoms with E-state index < -0.39 is 0 Å². The third-order valence-electron chi connectivity index (χ3n) is 3.15. The fourth-order valence-electron chi connectivity index (χ4n) is 2.14. The molecule has 0 fully saturated rings. The third-order valence-corrected chi connectivity index (χ3v) is 3.96. The van der Waals surface area contributed by atoms with Crippen molar-refractivity contribution in [1.82, 2.24) is 14.9 Å². The van der Waals surface area contributed by atoms with Gasteiger partial charge in [0.2, 0.25) is 5.95 Å². The number of aromatic nitrogens is 2. The van der Waals surface area contributed by atoms with Gasteiger partial charge in [-0.3, -0.25) is 5.43 Å². The number of hydrogen-bond donors (Lipinski definition) is 2. The molecule has 0 aliphatic heterocycles. The summed E-state index contributed by atoms with van der Waals surface area (Å²) in [6, 6.07) is 2.07. The van der Waals surface area contributed by atoms with Crippen LogP contribution in [0.1, 0.15) is 13.3 Å². The van der Waals surface area contributed by atoms with Gasteiger partial charge in [0.15, 0.2) is 0 Å². The van der Waals surface area contributed by atoms with Crippen molar-refractivity contribution in [2.24, 2.45) is 5.84 Å². The number of thiophene rings is 1. The Morgan fingerprint density at radius 3 is 2.75 bits per heavy atom. The van der Waals surface area contributed by atoms with Gasteiger partial charge in [0.1, 0.15) is 10.6 Å². The summed E-state index contributed by atoms with van der Waals surface area (Å²) in [6.45, 7) is 5.10. The Hall–Kier alpha value is -1.44. The van der Waals surface area contributed by atoms with Gasteiger partial charge in [-0.2, -0.15) is 4.98 Å². The van der Waals surface area contributed by atoms with E-state index in [1.165, 1.54) is 0 Å². The van der Waals surface area contributed by atoms with Crippen molar-refractivity contribution in [3.8, 4) is 0 Å². The molecule has 0 atom stereocenters. The highest BCUT2D eigenvalue weighted by Crippen LogP contribution is 2.28. The second-order valence-electron chi connectivity index (χ2n) is 4.89. The molecule has 0 radical (unpaired) electrons. The van der Waals surface area contributed by atoms with E-state index in [0.29, 0.717) is 5.95 Å². The standard InChI is InChI=1S/C13H22N6S/c1-4-19(8-5-7-18(2)3)11-10-6-9-20-12(10)16-13(15-11)17-14/h6,9H,4-5,7-8,14H2,1-3H3,(H,15,16,17). The van der Waals surface area contributed by atoms with Crippen LogP contribution in [0.2, 0.25) is 0 Å². The molecule has 0 aliphatic carbocycles. The lowest BCUT2D eigenvalue weighted by Crippen LogP contribution is -2.28. The predicted molar refractivity (Wildman–Crippen MR) is 86.3 cm³/mol. The van der Waals surface area contributed by atoms with Crippen molar-refractivity contribution in [3.63, 3.8) is 0 Å². The molecule has 2 aromatic heterocycles. The molecule has 0 bridgehead atoms. The Morgan fingerprint density at radius 1 is 1.30 bits per heavy atom. The van der Waals surface area contributed by atoms with E-state index in [9.17, 15) is 0 Å². The Kier molecular flexibility index (Phi) is 5.11. The molecule has 6 nitrogen and oxygen atoms in total. The first-order valence-electron chi connectivity index (χ1n) is 6.77. The monoisotopic (exact) mass is 294 g/mol. The largest absolute Gasteiger partial charge is 0.356 e. The van der Waals surface area contributed by atoms with Crippen molar-refractivity contribution in [2.45, 2.75) is 13.3 Å². The summed E-state index contributed by atoms with van der Waals surface area (Å²) in [5.74, 6) is 6.90. The zero-order chi connectivity index (χ0) is 14.5. The summed E-state index contributed by atoms with van der Waals surface area (Å²) >= 11 is 1.61.